The Kier molecular flexibility index (Phi) is 4.32. The molecule has 5 heteroatoms. The second kappa shape index (κ2) is 5.80. The van der Waals surface area contributed by atoms with Gasteiger partial charge in [0.2, 0.25) is 5.91 Å². The van der Waals surface area contributed by atoms with Crippen molar-refractivity contribution >= 4 is 11.7 Å². The Morgan fingerprint density at radius 2 is 2.00 bits per heavy atom. The van der Waals surface area contributed by atoms with E-state index in [0.717, 1.165) is 6.54 Å². The molecule has 5 nitrogen and oxygen atoms in total. The van der Waals surface area contributed by atoms with E-state index < -0.39 is 5.41 Å². The zero-order valence-corrected chi connectivity index (χ0v) is 11.7. The van der Waals surface area contributed by atoms with Crippen molar-refractivity contribution in [2.75, 3.05) is 6.54 Å². The zero-order valence-electron chi connectivity index (χ0n) is 11.7. The Bertz CT molecular complexity index is 356. The summed E-state index contributed by atoms with van der Waals surface area (Å²) in [6, 6.07) is 0. The summed E-state index contributed by atoms with van der Waals surface area (Å²) >= 11 is 0. The van der Waals surface area contributed by atoms with Gasteiger partial charge in [0.05, 0.1) is 0 Å². The number of nitrogens with one attached hydrogen (secondary N) is 1. The highest BCUT2D eigenvalue weighted by Crippen LogP contribution is 2.45. The number of nitrogens with two attached hydrogens (primary N) is 1. The number of carbonyl (C=O) groups excluding carboxylic acids is 1. The molecule has 108 valence electrons. The van der Waals surface area contributed by atoms with Crippen molar-refractivity contribution in [1.82, 2.24) is 5.32 Å². The highest BCUT2D eigenvalue weighted by atomic mass is 16.4. The van der Waals surface area contributed by atoms with Gasteiger partial charge in [0.25, 0.3) is 0 Å². The first-order valence-corrected chi connectivity index (χ1v) is 7.35. The molecule has 0 bridgehead atoms. The molecule has 19 heavy (non-hydrogen) atoms. The molecule has 4 N–H and O–H groups in total. The van der Waals surface area contributed by atoms with Gasteiger partial charge in [-0.3, -0.25) is 4.79 Å². The summed E-state index contributed by atoms with van der Waals surface area (Å²) in [5, 5.41) is 15.0. The SMILES string of the molecule is CC1CC(C(=O)NCC2CCCCC2)(C(N)=NO)C1. The fraction of sp³-hybridized carbons (Fsp3) is 0.857. The lowest BCUT2D eigenvalue weighted by atomic mass is 9.61. The van der Waals surface area contributed by atoms with Gasteiger partial charge in [-0.15, -0.1) is 0 Å². The van der Waals surface area contributed by atoms with Gasteiger partial charge in [-0.2, -0.15) is 0 Å². The van der Waals surface area contributed by atoms with Crippen LogP contribution in [0.5, 0.6) is 0 Å². The van der Waals surface area contributed by atoms with Gasteiger partial charge in [-0.05, 0) is 37.5 Å². The number of carbonyl (C=O) groups is 1. The van der Waals surface area contributed by atoms with Crippen LogP contribution in [0.25, 0.3) is 0 Å². The predicted molar refractivity (Wildman–Crippen MR) is 73.8 cm³/mol. The Labute approximate surface area is 114 Å². The van der Waals surface area contributed by atoms with E-state index in [4.69, 9.17) is 10.9 Å². The number of hydrogen-bond donors (Lipinski definition) is 3. The molecule has 0 spiro atoms. The normalized spacial score (nSPS) is 32.7. The minimum absolute atomic E-state index is 0.0618. The van der Waals surface area contributed by atoms with Crippen molar-refractivity contribution in [3.8, 4) is 0 Å². The average Bonchev–Trinajstić information content (AvgIpc) is 2.41. The van der Waals surface area contributed by atoms with E-state index in [1.54, 1.807) is 0 Å². The molecule has 0 aromatic carbocycles. The van der Waals surface area contributed by atoms with Crippen LogP contribution >= 0.6 is 0 Å². The molecule has 0 aliphatic heterocycles. The lowest BCUT2D eigenvalue weighted by molar-refractivity contribution is -0.133. The van der Waals surface area contributed by atoms with Crippen LogP contribution in [0.3, 0.4) is 0 Å². The van der Waals surface area contributed by atoms with Gasteiger partial charge >= 0.3 is 0 Å². The summed E-state index contributed by atoms with van der Waals surface area (Å²) in [6.07, 6.45) is 7.61. The van der Waals surface area contributed by atoms with Crippen LogP contribution in [0.1, 0.15) is 51.9 Å². The quantitative estimate of drug-likeness (QED) is 0.314. The molecule has 0 heterocycles. The first-order valence-electron chi connectivity index (χ1n) is 7.35. The number of nitrogens with zero attached hydrogens (tertiary/aromatic N) is 1. The van der Waals surface area contributed by atoms with E-state index >= 15 is 0 Å². The van der Waals surface area contributed by atoms with Crippen LogP contribution in [0.2, 0.25) is 0 Å². The third-order valence-electron chi connectivity index (χ3n) is 4.70. The predicted octanol–water partition coefficient (Wildman–Crippen LogP) is 1.85. The molecule has 0 atom stereocenters. The van der Waals surface area contributed by atoms with Gasteiger partial charge in [0.1, 0.15) is 5.41 Å². The van der Waals surface area contributed by atoms with Crippen LogP contribution in [-0.2, 0) is 4.79 Å². The molecule has 2 fully saturated rings. The van der Waals surface area contributed by atoms with Gasteiger partial charge in [-0.1, -0.05) is 31.3 Å². The van der Waals surface area contributed by atoms with E-state index in [9.17, 15) is 4.79 Å². The lowest BCUT2D eigenvalue weighted by Gasteiger charge is -2.43. The Balaban J connectivity index is 1.90. The maximum atomic E-state index is 12.4. The van der Waals surface area contributed by atoms with Gasteiger partial charge < -0.3 is 16.3 Å². The monoisotopic (exact) mass is 267 g/mol. The largest absolute Gasteiger partial charge is 0.409 e. The smallest absolute Gasteiger partial charge is 0.233 e. The molecule has 0 unspecified atom stereocenters. The Morgan fingerprint density at radius 3 is 2.53 bits per heavy atom. The fourth-order valence-electron chi connectivity index (χ4n) is 3.53. The summed E-state index contributed by atoms with van der Waals surface area (Å²) in [5.41, 5.74) is 4.96. The number of amidine groups is 1. The molecule has 2 aliphatic carbocycles. The third-order valence-corrected chi connectivity index (χ3v) is 4.70. The average molecular weight is 267 g/mol. The molecular formula is C14H25N3O2. The fourth-order valence-corrected chi connectivity index (χ4v) is 3.53. The molecule has 2 aliphatic rings. The van der Waals surface area contributed by atoms with E-state index in [1.807, 2.05) is 0 Å². The third kappa shape index (κ3) is 2.85. The molecule has 1 amide bonds. The van der Waals surface area contributed by atoms with E-state index in [2.05, 4.69) is 17.4 Å². The Morgan fingerprint density at radius 1 is 1.37 bits per heavy atom. The Hall–Kier alpha value is -1.26. The second-order valence-electron chi connectivity index (χ2n) is 6.29. The highest BCUT2D eigenvalue weighted by molar-refractivity contribution is 6.07. The minimum Gasteiger partial charge on any atom is -0.409 e. The van der Waals surface area contributed by atoms with Gasteiger partial charge in [-0.25, -0.2) is 0 Å². The molecule has 0 aromatic heterocycles. The van der Waals surface area contributed by atoms with Crippen molar-refractivity contribution in [2.24, 2.45) is 28.1 Å². The topological polar surface area (TPSA) is 87.7 Å². The van der Waals surface area contributed by atoms with E-state index in [-0.39, 0.29) is 11.7 Å². The number of amides is 1. The number of rotatable bonds is 4. The summed E-state index contributed by atoms with van der Waals surface area (Å²) < 4.78 is 0. The first-order chi connectivity index (χ1) is 9.08. The lowest BCUT2D eigenvalue weighted by Crippen LogP contribution is -2.57. The standard InChI is InChI=1S/C14H25N3O2/c1-10-7-14(8-10,12(15)17-19)13(18)16-9-11-5-3-2-4-6-11/h10-11,19H,2-9H2,1H3,(H2,15,17)(H,16,18). The summed E-state index contributed by atoms with van der Waals surface area (Å²) in [5.74, 6) is 1.05. The van der Waals surface area contributed by atoms with E-state index in [0.29, 0.717) is 24.7 Å². The molecule has 0 radical (unpaired) electrons. The first kappa shape index (κ1) is 14.2. The van der Waals surface area contributed by atoms with Crippen molar-refractivity contribution in [3.05, 3.63) is 0 Å². The van der Waals surface area contributed by atoms with Crippen LogP contribution in [0.15, 0.2) is 5.16 Å². The van der Waals surface area contributed by atoms with E-state index in [1.165, 1.54) is 32.1 Å². The summed E-state index contributed by atoms with van der Waals surface area (Å²) in [4.78, 5) is 12.4. The van der Waals surface area contributed by atoms with Crippen LogP contribution in [0, 0.1) is 17.3 Å². The summed E-state index contributed by atoms with van der Waals surface area (Å²) in [7, 11) is 0. The van der Waals surface area contributed by atoms with Crippen molar-refractivity contribution in [2.45, 2.75) is 51.9 Å². The van der Waals surface area contributed by atoms with Crippen molar-refractivity contribution in [1.29, 1.82) is 0 Å². The number of oxime groups is 1. The maximum Gasteiger partial charge on any atom is 0.233 e. The molecule has 2 rings (SSSR count). The highest BCUT2D eigenvalue weighted by Gasteiger charge is 2.52. The zero-order chi connectivity index (χ0) is 13.9. The van der Waals surface area contributed by atoms with Crippen molar-refractivity contribution in [3.63, 3.8) is 0 Å². The van der Waals surface area contributed by atoms with Crippen LogP contribution in [0.4, 0.5) is 0 Å². The van der Waals surface area contributed by atoms with Crippen molar-refractivity contribution < 1.29 is 10.0 Å². The van der Waals surface area contributed by atoms with Crippen LogP contribution < -0.4 is 11.1 Å². The molecule has 0 saturated heterocycles. The molecular weight excluding hydrogens is 242 g/mol. The minimum atomic E-state index is -0.761. The molecule has 2 saturated carbocycles. The maximum absolute atomic E-state index is 12.4. The van der Waals surface area contributed by atoms with Crippen LogP contribution in [-0.4, -0.2) is 23.5 Å². The summed E-state index contributed by atoms with van der Waals surface area (Å²) in [6.45, 7) is 2.81. The van der Waals surface area contributed by atoms with Gasteiger partial charge in [0.15, 0.2) is 5.84 Å². The second-order valence-corrected chi connectivity index (χ2v) is 6.29. The molecule has 0 aromatic rings. The number of hydrogen-bond acceptors (Lipinski definition) is 3. The van der Waals surface area contributed by atoms with Gasteiger partial charge in [0, 0.05) is 6.54 Å².